The lowest BCUT2D eigenvalue weighted by molar-refractivity contribution is 0.245. The molecule has 0 atom stereocenters. The first-order valence-corrected chi connectivity index (χ1v) is 15.1. The molecule has 36 heavy (non-hydrogen) atoms. The zero-order valence-electron chi connectivity index (χ0n) is 22.6. The molecule has 0 spiro atoms. The van der Waals surface area contributed by atoms with E-state index < -0.39 is 0 Å². The van der Waals surface area contributed by atoms with Crippen LogP contribution in [0.5, 0.6) is 0 Å². The number of unbranched alkanes of at least 4 members (excludes halogenated alkanes) is 2. The Bertz CT molecular complexity index is 886. The molecule has 0 bridgehead atoms. The third-order valence-electron chi connectivity index (χ3n) is 9.34. The lowest BCUT2D eigenvalue weighted by Crippen LogP contribution is -2.15. The van der Waals surface area contributed by atoms with Gasteiger partial charge in [-0.05, 0) is 97.8 Å². The molecule has 0 heterocycles. The van der Waals surface area contributed by atoms with E-state index in [1.165, 1.54) is 82.6 Å². The van der Waals surface area contributed by atoms with Crippen molar-refractivity contribution in [1.82, 2.24) is 0 Å². The summed E-state index contributed by atoms with van der Waals surface area (Å²) < 4.78 is 27.5. The van der Waals surface area contributed by atoms with Crippen LogP contribution in [-0.2, 0) is 6.42 Å². The number of benzene rings is 2. The standard InChI is InChI=1S/C34H48F2/c1-2-3-4-6-26-14-17-30(18-15-26)31-19-21-32(22-20-31)33-23-16-29(25-34(33)36)13-12-28-10-8-27(9-11-28)7-5-24-35/h16,19-23,25-28,30H,2-15,17-18,24H2,1H3. The highest BCUT2D eigenvalue weighted by atomic mass is 19.1. The molecule has 198 valence electrons. The molecule has 4 rings (SSSR count). The molecule has 2 aliphatic carbocycles. The van der Waals surface area contributed by atoms with Crippen molar-refractivity contribution >= 4 is 0 Å². The lowest BCUT2D eigenvalue weighted by atomic mass is 9.77. The van der Waals surface area contributed by atoms with Crippen LogP contribution >= 0.6 is 0 Å². The summed E-state index contributed by atoms with van der Waals surface area (Å²) >= 11 is 0. The number of hydrogen-bond acceptors (Lipinski definition) is 0. The Morgan fingerprint density at radius 1 is 0.694 bits per heavy atom. The molecule has 0 aliphatic heterocycles. The monoisotopic (exact) mass is 494 g/mol. The average molecular weight is 495 g/mol. The van der Waals surface area contributed by atoms with Gasteiger partial charge in [-0.2, -0.15) is 0 Å². The number of halogens is 2. The smallest absolute Gasteiger partial charge is 0.131 e. The molecule has 2 fully saturated rings. The SMILES string of the molecule is CCCCCC1CCC(c2ccc(-c3ccc(CCC4CCC(CCCF)CC4)cc3F)cc2)CC1. The second-order valence-electron chi connectivity index (χ2n) is 11.9. The minimum absolute atomic E-state index is 0.0947. The largest absolute Gasteiger partial charge is 0.251 e. The Morgan fingerprint density at radius 2 is 1.31 bits per heavy atom. The van der Waals surface area contributed by atoms with Crippen LogP contribution < -0.4 is 0 Å². The summed E-state index contributed by atoms with van der Waals surface area (Å²) in [4.78, 5) is 0. The van der Waals surface area contributed by atoms with Crippen molar-refractivity contribution in [3.63, 3.8) is 0 Å². The van der Waals surface area contributed by atoms with E-state index in [9.17, 15) is 4.39 Å². The minimum Gasteiger partial charge on any atom is -0.251 e. The first-order chi connectivity index (χ1) is 17.7. The van der Waals surface area contributed by atoms with Crippen LogP contribution in [0.4, 0.5) is 8.78 Å². The van der Waals surface area contributed by atoms with Gasteiger partial charge in [0.15, 0.2) is 0 Å². The van der Waals surface area contributed by atoms with Crippen molar-refractivity contribution in [3.8, 4) is 11.1 Å². The van der Waals surface area contributed by atoms with Crippen molar-refractivity contribution in [2.75, 3.05) is 6.67 Å². The second-order valence-corrected chi connectivity index (χ2v) is 11.9. The van der Waals surface area contributed by atoms with E-state index in [-0.39, 0.29) is 12.5 Å². The molecule has 2 heteroatoms. The van der Waals surface area contributed by atoms with Crippen LogP contribution in [-0.4, -0.2) is 6.67 Å². The van der Waals surface area contributed by atoms with Crippen molar-refractivity contribution in [3.05, 3.63) is 59.4 Å². The van der Waals surface area contributed by atoms with Gasteiger partial charge < -0.3 is 0 Å². The second kappa shape index (κ2) is 14.3. The Labute approximate surface area is 219 Å². The molecule has 0 saturated heterocycles. The van der Waals surface area contributed by atoms with Gasteiger partial charge in [0, 0.05) is 5.56 Å². The van der Waals surface area contributed by atoms with Gasteiger partial charge in [-0.1, -0.05) is 94.7 Å². The van der Waals surface area contributed by atoms with Gasteiger partial charge in [0.1, 0.15) is 5.82 Å². The maximum atomic E-state index is 15.1. The molecular weight excluding hydrogens is 446 g/mol. The molecule has 2 saturated carbocycles. The van der Waals surface area contributed by atoms with Gasteiger partial charge in [-0.3, -0.25) is 4.39 Å². The fourth-order valence-electron chi connectivity index (χ4n) is 6.90. The lowest BCUT2D eigenvalue weighted by Gasteiger charge is -2.29. The van der Waals surface area contributed by atoms with Gasteiger partial charge in [0.2, 0.25) is 0 Å². The maximum Gasteiger partial charge on any atom is 0.131 e. The number of aryl methyl sites for hydroxylation is 1. The molecular formula is C34H48F2. The zero-order valence-corrected chi connectivity index (χ0v) is 22.6. The van der Waals surface area contributed by atoms with Crippen LogP contribution in [0.15, 0.2) is 42.5 Å². The van der Waals surface area contributed by atoms with E-state index in [4.69, 9.17) is 0 Å². The van der Waals surface area contributed by atoms with Crippen molar-refractivity contribution in [1.29, 1.82) is 0 Å². The number of alkyl halides is 1. The highest BCUT2D eigenvalue weighted by Crippen LogP contribution is 2.39. The normalized spacial score (nSPS) is 24.6. The van der Waals surface area contributed by atoms with Crippen LogP contribution in [0, 0.1) is 23.6 Å². The van der Waals surface area contributed by atoms with Crippen molar-refractivity contribution in [2.45, 2.75) is 116 Å². The van der Waals surface area contributed by atoms with Gasteiger partial charge in [0.05, 0.1) is 6.67 Å². The fourth-order valence-corrected chi connectivity index (χ4v) is 6.90. The third kappa shape index (κ3) is 7.90. The fraction of sp³-hybridized carbons (Fsp3) is 0.647. The summed E-state index contributed by atoms with van der Waals surface area (Å²) in [6, 6.07) is 14.6. The van der Waals surface area contributed by atoms with Gasteiger partial charge in [-0.15, -0.1) is 0 Å². The quantitative estimate of drug-likeness (QED) is 0.257. The summed E-state index contributed by atoms with van der Waals surface area (Å²) in [6.45, 7) is 2.11. The molecule has 2 aliphatic rings. The van der Waals surface area contributed by atoms with E-state index in [1.807, 2.05) is 6.07 Å². The minimum atomic E-state index is -0.175. The Morgan fingerprint density at radius 3 is 1.92 bits per heavy atom. The van der Waals surface area contributed by atoms with Crippen LogP contribution in [0.1, 0.15) is 120 Å². The third-order valence-corrected chi connectivity index (χ3v) is 9.34. The molecule has 0 aromatic heterocycles. The van der Waals surface area contributed by atoms with E-state index in [0.29, 0.717) is 5.92 Å². The van der Waals surface area contributed by atoms with Crippen LogP contribution in [0.25, 0.3) is 11.1 Å². The predicted molar refractivity (Wildman–Crippen MR) is 150 cm³/mol. The topological polar surface area (TPSA) is 0 Å². The van der Waals surface area contributed by atoms with E-state index in [2.05, 4.69) is 37.3 Å². The molecule has 0 unspecified atom stereocenters. The maximum absolute atomic E-state index is 15.1. The van der Waals surface area contributed by atoms with Gasteiger partial charge in [-0.25, -0.2) is 4.39 Å². The Balaban J connectivity index is 1.25. The van der Waals surface area contributed by atoms with Gasteiger partial charge >= 0.3 is 0 Å². The molecule has 2 aromatic rings. The first kappa shape index (κ1) is 27.3. The Kier molecular flexibility index (Phi) is 10.9. The highest BCUT2D eigenvalue weighted by Gasteiger charge is 2.23. The zero-order chi connectivity index (χ0) is 25.2. The highest BCUT2D eigenvalue weighted by molar-refractivity contribution is 5.65. The van der Waals surface area contributed by atoms with Crippen molar-refractivity contribution in [2.24, 2.45) is 17.8 Å². The predicted octanol–water partition coefficient (Wildman–Crippen LogP) is 10.8. The van der Waals surface area contributed by atoms with E-state index >= 15 is 4.39 Å². The molecule has 0 N–H and O–H groups in total. The number of hydrogen-bond donors (Lipinski definition) is 0. The van der Waals surface area contributed by atoms with Crippen molar-refractivity contribution < 1.29 is 8.78 Å². The Hall–Kier alpha value is -1.70. The van der Waals surface area contributed by atoms with Gasteiger partial charge in [0.25, 0.3) is 0 Å². The molecule has 0 radical (unpaired) electrons. The average Bonchev–Trinajstić information content (AvgIpc) is 2.92. The summed E-state index contributed by atoms with van der Waals surface area (Å²) in [6.07, 6.45) is 19.7. The first-order valence-electron chi connectivity index (χ1n) is 15.1. The number of rotatable bonds is 12. The molecule has 0 nitrogen and oxygen atoms in total. The van der Waals surface area contributed by atoms with Crippen LogP contribution in [0.2, 0.25) is 0 Å². The van der Waals surface area contributed by atoms with Crippen LogP contribution in [0.3, 0.4) is 0 Å². The summed E-state index contributed by atoms with van der Waals surface area (Å²) in [5.41, 5.74) is 4.26. The molecule has 2 aromatic carbocycles. The molecule has 0 amide bonds. The summed E-state index contributed by atoms with van der Waals surface area (Å²) in [5, 5.41) is 0. The summed E-state index contributed by atoms with van der Waals surface area (Å²) in [5.74, 6) is 2.98. The van der Waals surface area contributed by atoms with E-state index in [0.717, 1.165) is 60.1 Å². The van der Waals surface area contributed by atoms with E-state index in [1.54, 1.807) is 6.07 Å². The summed E-state index contributed by atoms with van der Waals surface area (Å²) in [7, 11) is 0.